The lowest BCUT2D eigenvalue weighted by Crippen LogP contribution is -2.42. The average Bonchev–Trinajstić information content (AvgIpc) is 3.15. The summed E-state index contributed by atoms with van der Waals surface area (Å²) in [4.78, 5) is 26.7. The van der Waals surface area contributed by atoms with Gasteiger partial charge in [0.15, 0.2) is 0 Å². The van der Waals surface area contributed by atoms with E-state index in [0.717, 1.165) is 29.8 Å². The van der Waals surface area contributed by atoms with Gasteiger partial charge in [0.2, 0.25) is 5.91 Å². The number of nitrogens with one attached hydrogen (secondary N) is 2. The molecule has 1 aliphatic carbocycles. The van der Waals surface area contributed by atoms with Crippen LogP contribution in [-0.2, 0) is 31.1 Å². The fourth-order valence-corrected chi connectivity index (χ4v) is 4.94. The SMILES string of the molecule is Cc1nn(C)c(C)c1CC(=O)NNC(=O)c1cc2c(s1)CCC(C(C)(C)C)C2. The van der Waals surface area contributed by atoms with Crippen molar-refractivity contribution >= 4 is 23.2 Å². The number of aromatic nitrogens is 2. The lowest BCUT2D eigenvalue weighted by molar-refractivity contribution is -0.121. The molecule has 2 heterocycles. The monoisotopic (exact) mass is 402 g/mol. The standard InChI is InChI=1S/C21H30N4O2S/c1-12-16(13(2)25(6)24-12)11-19(26)22-23-20(27)18-10-14-9-15(21(3,4)5)7-8-17(14)28-18/h10,15H,7-9,11H2,1-6H3,(H,22,26)(H,23,27). The first-order chi connectivity index (χ1) is 13.1. The summed E-state index contributed by atoms with van der Waals surface area (Å²) in [7, 11) is 1.86. The first-order valence-electron chi connectivity index (χ1n) is 9.76. The number of thiophene rings is 1. The van der Waals surface area contributed by atoms with E-state index in [4.69, 9.17) is 0 Å². The van der Waals surface area contributed by atoms with Crippen molar-refractivity contribution in [2.45, 2.75) is 60.3 Å². The summed E-state index contributed by atoms with van der Waals surface area (Å²) in [6, 6.07) is 1.99. The molecular formula is C21H30N4O2S. The molecule has 0 fully saturated rings. The minimum atomic E-state index is -0.250. The molecule has 0 aromatic carbocycles. The number of carbonyl (C=O) groups excluding carboxylic acids is 2. The molecule has 7 heteroatoms. The van der Waals surface area contributed by atoms with E-state index in [1.54, 1.807) is 16.0 Å². The van der Waals surface area contributed by atoms with Gasteiger partial charge >= 0.3 is 0 Å². The molecule has 28 heavy (non-hydrogen) atoms. The molecule has 2 amide bonds. The van der Waals surface area contributed by atoms with Crippen molar-refractivity contribution in [3.05, 3.63) is 38.3 Å². The number of nitrogens with zero attached hydrogens (tertiary/aromatic N) is 2. The van der Waals surface area contributed by atoms with Crippen LogP contribution >= 0.6 is 11.3 Å². The van der Waals surface area contributed by atoms with Gasteiger partial charge in [0.25, 0.3) is 5.91 Å². The van der Waals surface area contributed by atoms with Gasteiger partial charge in [0.05, 0.1) is 17.0 Å². The molecular weight excluding hydrogens is 372 g/mol. The third kappa shape index (κ3) is 4.29. The van der Waals surface area contributed by atoms with Crippen molar-refractivity contribution in [3.63, 3.8) is 0 Å². The minimum Gasteiger partial charge on any atom is -0.273 e. The Kier molecular flexibility index (Phi) is 5.66. The Balaban J connectivity index is 1.59. The Hall–Kier alpha value is -2.15. The fraction of sp³-hybridized carbons (Fsp3) is 0.571. The Bertz CT molecular complexity index is 904. The molecule has 0 aliphatic heterocycles. The van der Waals surface area contributed by atoms with Crippen LogP contribution in [0, 0.1) is 25.2 Å². The van der Waals surface area contributed by atoms with Crippen LogP contribution in [0.1, 0.15) is 64.3 Å². The van der Waals surface area contributed by atoms with Crippen molar-refractivity contribution in [2.75, 3.05) is 0 Å². The maximum Gasteiger partial charge on any atom is 0.279 e. The molecule has 152 valence electrons. The van der Waals surface area contributed by atoms with E-state index in [1.807, 2.05) is 27.0 Å². The molecule has 2 aromatic heterocycles. The molecule has 3 rings (SSSR count). The van der Waals surface area contributed by atoms with Crippen molar-refractivity contribution < 1.29 is 9.59 Å². The van der Waals surface area contributed by atoms with E-state index in [1.165, 1.54) is 16.9 Å². The summed E-state index contributed by atoms with van der Waals surface area (Å²) in [5.41, 5.74) is 9.35. The first kappa shape index (κ1) is 20.6. The van der Waals surface area contributed by atoms with Crippen LogP contribution in [0.25, 0.3) is 0 Å². The van der Waals surface area contributed by atoms with E-state index >= 15 is 0 Å². The van der Waals surface area contributed by atoms with Crippen LogP contribution in [0.15, 0.2) is 6.07 Å². The summed E-state index contributed by atoms with van der Waals surface area (Å²) in [5, 5.41) is 4.32. The molecule has 1 aliphatic rings. The Morgan fingerprint density at radius 1 is 1.29 bits per heavy atom. The van der Waals surface area contributed by atoms with Crippen LogP contribution in [0.5, 0.6) is 0 Å². The van der Waals surface area contributed by atoms with Crippen LogP contribution in [0.4, 0.5) is 0 Å². The molecule has 0 saturated carbocycles. The molecule has 2 aromatic rings. The van der Waals surface area contributed by atoms with Crippen molar-refractivity contribution in [3.8, 4) is 0 Å². The number of hydrogen-bond donors (Lipinski definition) is 2. The quantitative estimate of drug-likeness (QED) is 0.774. The van der Waals surface area contributed by atoms with Gasteiger partial charge in [-0.3, -0.25) is 25.1 Å². The highest BCUT2D eigenvalue weighted by atomic mass is 32.1. The molecule has 2 N–H and O–H groups in total. The van der Waals surface area contributed by atoms with Crippen molar-refractivity contribution in [1.82, 2.24) is 20.6 Å². The molecule has 1 atom stereocenters. The second-order valence-electron chi connectivity index (χ2n) is 8.82. The molecule has 0 bridgehead atoms. The highest BCUT2D eigenvalue weighted by Gasteiger charge is 2.30. The first-order valence-corrected chi connectivity index (χ1v) is 10.6. The topological polar surface area (TPSA) is 76.0 Å². The van der Waals surface area contributed by atoms with Crippen LogP contribution in [-0.4, -0.2) is 21.6 Å². The zero-order valence-electron chi connectivity index (χ0n) is 17.6. The predicted octanol–water partition coefficient (Wildman–Crippen LogP) is 3.25. The molecule has 1 unspecified atom stereocenters. The zero-order valence-corrected chi connectivity index (χ0v) is 18.4. The van der Waals surface area contributed by atoms with E-state index in [0.29, 0.717) is 10.8 Å². The summed E-state index contributed by atoms with van der Waals surface area (Å²) in [6.45, 7) is 10.7. The third-order valence-electron chi connectivity index (χ3n) is 5.84. The Morgan fingerprint density at radius 3 is 2.61 bits per heavy atom. The second kappa shape index (κ2) is 7.70. The third-order valence-corrected chi connectivity index (χ3v) is 7.08. The fourth-order valence-electron chi connectivity index (χ4n) is 3.84. The second-order valence-corrected chi connectivity index (χ2v) is 9.95. The van der Waals surface area contributed by atoms with Gasteiger partial charge in [-0.15, -0.1) is 11.3 Å². The van der Waals surface area contributed by atoms with Crippen LogP contribution in [0.3, 0.4) is 0 Å². The molecule has 0 radical (unpaired) electrons. The number of aryl methyl sites for hydroxylation is 3. The maximum atomic E-state index is 12.5. The number of rotatable bonds is 3. The van der Waals surface area contributed by atoms with E-state index in [9.17, 15) is 9.59 Å². The number of carbonyl (C=O) groups is 2. The van der Waals surface area contributed by atoms with E-state index in [2.05, 4.69) is 36.7 Å². The lowest BCUT2D eigenvalue weighted by atomic mass is 9.72. The number of fused-ring (bicyclic) bond motifs is 1. The molecule has 0 saturated heterocycles. The van der Waals surface area contributed by atoms with Gasteiger partial charge in [0, 0.05) is 23.2 Å². The highest BCUT2D eigenvalue weighted by Crippen LogP contribution is 2.40. The molecule has 6 nitrogen and oxygen atoms in total. The molecule has 0 spiro atoms. The van der Waals surface area contributed by atoms with Gasteiger partial charge < -0.3 is 0 Å². The Labute approximate surface area is 170 Å². The smallest absolute Gasteiger partial charge is 0.273 e. The minimum absolute atomic E-state index is 0.194. The van der Waals surface area contributed by atoms with Crippen LogP contribution in [0.2, 0.25) is 0 Å². The maximum absolute atomic E-state index is 12.5. The van der Waals surface area contributed by atoms with Crippen molar-refractivity contribution in [2.24, 2.45) is 18.4 Å². The average molecular weight is 403 g/mol. The zero-order chi connectivity index (χ0) is 20.6. The highest BCUT2D eigenvalue weighted by molar-refractivity contribution is 7.14. The summed E-state index contributed by atoms with van der Waals surface area (Å²) >= 11 is 1.54. The normalized spacial score (nSPS) is 16.6. The van der Waals surface area contributed by atoms with Crippen molar-refractivity contribution in [1.29, 1.82) is 0 Å². The summed E-state index contributed by atoms with van der Waals surface area (Å²) in [5.74, 6) is 0.137. The number of hydrogen-bond acceptors (Lipinski definition) is 4. The van der Waals surface area contributed by atoms with Gasteiger partial charge in [-0.05, 0) is 56.1 Å². The lowest BCUT2D eigenvalue weighted by Gasteiger charge is -2.33. The van der Waals surface area contributed by atoms with Gasteiger partial charge in [-0.1, -0.05) is 20.8 Å². The largest absolute Gasteiger partial charge is 0.279 e. The predicted molar refractivity (Wildman–Crippen MR) is 111 cm³/mol. The van der Waals surface area contributed by atoms with Gasteiger partial charge in [-0.25, -0.2) is 0 Å². The van der Waals surface area contributed by atoms with Gasteiger partial charge in [-0.2, -0.15) is 5.10 Å². The summed E-state index contributed by atoms with van der Waals surface area (Å²) in [6.07, 6.45) is 3.41. The van der Waals surface area contributed by atoms with E-state index < -0.39 is 0 Å². The number of amides is 2. The van der Waals surface area contributed by atoms with E-state index in [-0.39, 0.29) is 23.7 Å². The van der Waals surface area contributed by atoms with Gasteiger partial charge in [0.1, 0.15) is 0 Å². The Morgan fingerprint density at radius 2 is 2.00 bits per heavy atom. The number of hydrazine groups is 1. The summed E-state index contributed by atoms with van der Waals surface area (Å²) < 4.78 is 1.76. The van der Waals surface area contributed by atoms with Crippen LogP contribution < -0.4 is 10.9 Å².